The highest BCUT2D eigenvalue weighted by atomic mass is 16.5. The first kappa shape index (κ1) is 74.5. The molecule has 0 aromatic heterocycles. The normalized spacial score (nSPS) is 14.8. The van der Waals surface area contributed by atoms with Crippen LogP contribution in [0.2, 0.25) is 0 Å². The van der Waals surface area contributed by atoms with Gasteiger partial charge in [0.2, 0.25) is 0 Å². The van der Waals surface area contributed by atoms with Gasteiger partial charge < -0.3 is 4.74 Å². The number of unbranched alkanes of at least 4 members (excludes halogenated alkanes) is 1. The lowest BCUT2D eigenvalue weighted by Gasteiger charge is -2.33. The Balaban J connectivity index is -0.000000176. The van der Waals surface area contributed by atoms with Gasteiger partial charge in [-0.2, -0.15) is 0 Å². The van der Waals surface area contributed by atoms with E-state index in [0.717, 1.165) is 84.2 Å². The average Bonchev–Trinajstić information content (AvgIpc) is 3.06. The molecule has 6 unspecified atom stereocenters. The van der Waals surface area contributed by atoms with Gasteiger partial charge >= 0.3 is 0 Å². The van der Waals surface area contributed by atoms with Crippen molar-refractivity contribution in [1.82, 2.24) is 0 Å². The van der Waals surface area contributed by atoms with Crippen molar-refractivity contribution in [1.29, 1.82) is 0 Å². The predicted molar refractivity (Wildman–Crippen MR) is 299 cm³/mol. The molecule has 1 heteroatoms. The molecule has 6 atom stereocenters. The molecule has 390 valence electrons. The Hall–Kier alpha value is -0.0400. The number of ether oxygens (including phenoxy) is 1. The zero-order valence-electron chi connectivity index (χ0n) is 49.3. The Kier molecular flexibility index (Phi) is 54.1. The van der Waals surface area contributed by atoms with E-state index in [1.54, 1.807) is 0 Å². The highest BCUT2D eigenvalue weighted by molar-refractivity contribution is 4.77. The summed E-state index contributed by atoms with van der Waals surface area (Å²) in [6, 6.07) is 0. The smallest absolute Gasteiger partial charge is 0.0488 e. The van der Waals surface area contributed by atoms with Crippen LogP contribution >= 0.6 is 0 Å². The van der Waals surface area contributed by atoms with Crippen LogP contribution in [0.5, 0.6) is 0 Å². The van der Waals surface area contributed by atoms with Crippen LogP contribution in [-0.4, -0.2) is 13.2 Å². The Labute approximate surface area is 407 Å². The fraction of sp³-hybridized carbons (Fsp3) is 1.00. The largest absolute Gasteiger partial charge is 0.381 e. The van der Waals surface area contributed by atoms with Gasteiger partial charge in [0, 0.05) is 13.2 Å². The van der Waals surface area contributed by atoms with Crippen LogP contribution < -0.4 is 0 Å². The number of hydrogen-bond donors (Lipinski definition) is 0. The maximum absolute atomic E-state index is 5.45. The summed E-state index contributed by atoms with van der Waals surface area (Å²) in [6.45, 7) is 64.6. The third-order valence-electron chi connectivity index (χ3n) is 12.0. The lowest BCUT2D eigenvalue weighted by Crippen LogP contribution is -2.23. The van der Waals surface area contributed by atoms with E-state index in [2.05, 4.69) is 187 Å². The van der Waals surface area contributed by atoms with Crippen molar-refractivity contribution < 1.29 is 4.74 Å². The molecule has 0 radical (unpaired) electrons. The molecule has 0 spiro atoms. The van der Waals surface area contributed by atoms with Gasteiger partial charge in [-0.1, -0.05) is 259 Å². The number of rotatable bonds is 28. The van der Waals surface area contributed by atoms with Crippen LogP contribution in [-0.2, 0) is 4.74 Å². The molecule has 0 aromatic rings. The molecule has 0 aliphatic carbocycles. The minimum atomic E-state index is 0. The second-order valence-electron chi connectivity index (χ2n) is 26.5. The summed E-state index contributed by atoms with van der Waals surface area (Å²) in [7, 11) is 0. The molecule has 1 nitrogen and oxygen atoms in total. The van der Waals surface area contributed by atoms with Crippen molar-refractivity contribution in [3.05, 3.63) is 0 Å². The molecule has 0 aromatic carbocycles. The van der Waals surface area contributed by atoms with Crippen molar-refractivity contribution in [3.8, 4) is 0 Å². The molecule has 0 fully saturated rings. The van der Waals surface area contributed by atoms with Crippen LogP contribution in [0.1, 0.15) is 304 Å². The topological polar surface area (TPSA) is 9.23 Å². The predicted octanol–water partition coefficient (Wildman–Crippen LogP) is 22.7. The Morgan fingerprint density at radius 1 is 0.397 bits per heavy atom. The first-order valence-electron chi connectivity index (χ1n) is 27.9. The van der Waals surface area contributed by atoms with E-state index < -0.39 is 0 Å². The Morgan fingerprint density at radius 3 is 1.17 bits per heavy atom. The summed E-state index contributed by atoms with van der Waals surface area (Å²) in [5.41, 5.74) is 0.938. The van der Waals surface area contributed by atoms with Gasteiger partial charge in [-0.15, -0.1) is 0 Å². The zero-order valence-corrected chi connectivity index (χ0v) is 49.3. The van der Waals surface area contributed by atoms with Crippen LogP contribution in [0.3, 0.4) is 0 Å². The molecule has 0 bridgehead atoms. The van der Waals surface area contributed by atoms with E-state index in [-0.39, 0.29) is 7.43 Å². The van der Waals surface area contributed by atoms with Crippen LogP contribution in [0.25, 0.3) is 0 Å². The maximum Gasteiger partial charge on any atom is 0.0488 e. The molecule has 0 heterocycles. The van der Waals surface area contributed by atoms with Gasteiger partial charge in [-0.25, -0.2) is 0 Å². The lowest BCUT2D eigenvalue weighted by atomic mass is 9.72. The molecule has 0 aliphatic rings. The minimum Gasteiger partial charge on any atom is -0.381 e. The third-order valence-corrected chi connectivity index (χ3v) is 12.0. The Bertz CT molecular complexity index is 829. The van der Waals surface area contributed by atoms with E-state index in [0.29, 0.717) is 16.7 Å². The highest BCUT2D eigenvalue weighted by Crippen LogP contribution is 2.37. The Morgan fingerprint density at radius 2 is 0.825 bits per heavy atom. The minimum absolute atomic E-state index is 0. The van der Waals surface area contributed by atoms with E-state index in [1.165, 1.54) is 109 Å². The molecule has 0 N–H and O–H groups in total. The molecular formula is C62H136O. The van der Waals surface area contributed by atoms with Crippen molar-refractivity contribution >= 4 is 0 Å². The maximum atomic E-state index is 5.45. The van der Waals surface area contributed by atoms with Gasteiger partial charge in [-0.05, 0) is 133 Å². The summed E-state index contributed by atoms with van der Waals surface area (Å²) in [6.07, 6.45) is 23.6. The summed E-state index contributed by atoms with van der Waals surface area (Å²) < 4.78 is 5.45. The average molecular weight is 898 g/mol. The highest BCUT2D eigenvalue weighted by Gasteiger charge is 2.26. The molecular weight excluding hydrogens is 761 g/mol. The molecule has 63 heavy (non-hydrogen) atoms. The van der Waals surface area contributed by atoms with Crippen molar-refractivity contribution in [2.24, 2.45) is 87.8 Å². The van der Waals surface area contributed by atoms with E-state index in [4.69, 9.17) is 4.74 Å². The van der Waals surface area contributed by atoms with Crippen LogP contribution in [0.4, 0.5) is 0 Å². The SMILES string of the molecule is C.CC(C)C.CC(C)CC(C)C.CC(C)CCCOCC(C)C.CC(CCC(C(C)C)C(C)CC(C)(C)C)CC(C)(C)C.CCCC(C)CCCCC(CCC(C)CCC)C(C)C. The molecule has 0 rings (SSSR count). The molecule has 0 amide bonds. The second kappa shape index (κ2) is 45.7. The fourth-order valence-electron chi connectivity index (χ4n) is 9.36. The quantitative estimate of drug-likeness (QED) is 0.0711. The molecule has 0 aliphatic heterocycles. The molecule has 0 saturated heterocycles. The van der Waals surface area contributed by atoms with Crippen LogP contribution in [0.15, 0.2) is 0 Å². The van der Waals surface area contributed by atoms with Crippen LogP contribution in [0, 0.1) is 87.8 Å². The first-order valence-corrected chi connectivity index (χ1v) is 27.9. The van der Waals surface area contributed by atoms with Crippen molar-refractivity contribution in [3.63, 3.8) is 0 Å². The van der Waals surface area contributed by atoms with E-state index >= 15 is 0 Å². The standard InChI is InChI=1S/2C20H42.C10H22O.C7H16.C4H10.CH4/c1-15(2)18(17(4)14-20(8,9)10)12-11-16(3)13-19(5,6)7;1-7-11-18(5)13-9-10-14-20(17(3)4)16-15-19(6)12-8-2;1-9(2)6-5-7-11-8-10(3)4;1-6(2)5-7(3)4;1-4(2)3;/h15-18H,11-14H2,1-10H3;17-20H,7-16H2,1-6H3;9-10H,5-8H2,1-4H3;6-7H,5H2,1-4H3;4H,1-3H3;1H4. The summed E-state index contributed by atoms with van der Waals surface area (Å²) in [5, 5.41) is 0. The monoisotopic (exact) mass is 897 g/mol. The summed E-state index contributed by atoms with van der Waals surface area (Å²) in [4.78, 5) is 0. The van der Waals surface area contributed by atoms with Gasteiger partial charge in [0.1, 0.15) is 0 Å². The third kappa shape index (κ3) is 68.7. The van der Waals surface area contributed by atoms with Crippen molar-refractivity contribution in [2.75, 3.05) is 13.2 Å². The van der Waals surface area contributed by atoms with Gasteiger partial charge in [0.15, 0.2) is 0 Å². The van der Waals surface area contributed by atoms with Gasteiger partial charge in [-0.3, -0.25) is 0 Å². The van der Waals surface area contributed by atoms with Gasteiger partial charge in [0.05, 0.1) is 0 Å². The summed E-state index contributed by atoms with van der Waals surface area (Å²) in [5.74, 6) is 11.2. The number of hydrogen-bond acceptors (Lipinski definition) is 1. The van der Waals surface area contributed by atoms with Gasteiger partial charge in [0.25, 0.3) is 0 Å². The second-order valence-corrected chi connectivity index (χ2v) is 26.5. The first-order chi connectivity index (χ1) is 28.3. The fourth-order valence-corrected chi connectivity index (χ4v) is 9.36. The molecule has 0 saturated carbocycles. The van der Waals surface area contributed by atoms with Crippen molar-refractivity contribution in [2.45, 2.75) is 304 Å². The summed E-state index contributed by atoms with van der Waals surface area (Å²) >= 11 is 0. The van der Waals surface area contributed by atoms with E-state index in [9.17, 15) is 0 Å². The zero-order chi connectivity index (χ0) is 49.6. The lowest BCUT2D eigenvalue weighted by molar-refractivity contribution is 0.105. The van der Waals surface area contributed by atoms with E-state index in [1.807, 2.05) is 0 Å².